The predicted molar refractivity (Wildman–Crippen MR) is 76.3 cm³/mol. The molecule has 0 amide bonds. The van der Waals surface area contributed by atoms with Gasteiger partial charge in [-0.15, -0.1) is 0 Å². The fourth-order valence-corrected chi connectivity index (χ4v) is 4.50. The molecule has 0 atom stereocenters. The van der Waals surface area contributed by atoms with E-state index in [1.54, 1.807) is 6.92 Å². The molecule has 2 N–H and O–H groups in total. The minimum absolute atomic E-state index is 0.167. The van der Waals surface area contributed by atoms with Gasteiger partial charge in [0, 0.05) is 13.1 Å². The van der Waals surface area contributed by atoms with E-state index >= 15 is 0 Å². The van der Waals surface area contributed by atoms with Crippen molar-refractivity contribution < 1.29 is 18.3 Å². The van der Waals surface area contributed by atoms with Crippen LogP contribution in [0, 0.1) is 12.3 Å². The number of piperidine rings is 1. The molecule has 0 aromatic carbocycles. The van der Waals surface area contributed by atoms with Crippen molar-refractivity contribution in [3.05, 3.63) is 11.9 Å². The zero-order valence-electron chi connectivity index (χ0n) is 12.3. The monoisotopic (exact) mass is 315 g/mol. The summed E-state index contributed by atoms with van der Waals surface area (Å²) >= 11 is 0. The second-order valence-electron chi connectivity index (χ2n) is 5.60. The number of nitrogens with one attached hydrogen (secondary N) is 1. The van der Waals surface area contributed by atoms with Crippen LogP contribution in [-0.4, -0.2) is 47.1 Å². The van der Waals surface area contributed by atoms with E-state index in [1.165, 1.54) is 10.5 Å². The third kappa shape index (κ3) is 2.82. The summed E-state index contributed by atoms with van der Waals surface area (Å²) in [6.07, 6.45) is 3.37. The summed E-state index contributed by atoms with van der Waals surface area (Å²) in [6.45, 7) is 4.07. The van der Waals surface area contributed by atoms with Crippen LogP contribution in [0.3, 0.4) is 0 Å². The number of aliphatic carboxylic acids is 1. The van der Waals surface area contributed by atoms with E-state index in [0.717, 1.165) is 6.42 Å². The van der Waals surface area contributed by atoms with E-state index in [0.29, 0.717) is 25.0 Å². The lowest BCUT2D eigenvalue weighted by Crippen LogP contribution is -2.46. The van der Waals surface area contributed by atoms with Crippen molar-refractivity contribution in [1.29, 1.82) is 0 Å². The Balaban J connectivity index is 2.17. The third-order valence-electron chi connectivity index (χ3n) is 4.26. The highest BCUT2D eigenvalue weighted by Crippen LogP contribution is 2.38. The van der Waals surface area contributed by atoms with Crippen molar-refractivity contribution in [2.75, 3.05) is 13.1 Å². The molecule has 0 aliphatic carbocycles. The van der Waals surface area contributed by atoms with Crippen LogP contribution in [0.4, 0.5) is 0 Å². The molecule has 0 spiro atoms. The highest BCUT2D eigenvalue weighted by atomic mass is 32.2. The Hall–Kier alpha value is -1.41. The first kappa shape index (κ1) is 16.0. The molecule has 0 radical (unpaired) electrons. The maximum Gasteiger partial charge on any atom is 0.309 e. The van der Waals surface area contributed by atoms with Gasteiger partial charge < -0.3 is 5.11 Å². The van der Waals surface area contributed by atoms with Crippen LogP contribution in [0.1, 0.15) is 38.3 Å². The molecule has 8 heteroatoms. The number of carboxylic acids is 1. The molecule has 7 nitrogen and oxygen atoms in total. The maximum absolute atomic E-state index is 12.5. The number of aryl methyl sites for hydroxylation is 1. The molecule has 2 heterocycles. The van der Waals surface area contributed by atoms with Crippen LogP contribution in [0.15, 0.2) is 11.1 Å². The smallest absolute Gasteiger partial charge is 0.309 e. The van der Waals surface area contributed by atoms with Crippen molar-refractivity contribution in [1.82, 2.24) is 14.5 Å². The van der Waals surface area contributed by atoms with Gasteiger partial charge in [-0.1, -0.05) is 13.3 Å². The van der Waals surface area contributed by atoms with Crippen LogP contribution in [0.25, 0.3) is 0 Å². The van der Waals surface area contributed by atoms with E-state index in [1.807, 2.05) is 6.92 Å². The molecular formula is C13H21N3O4S. The lowest BCUT2D eigenvalue weighted by atomic mass is 9.75. The highest BCUT2D eigenvalue weighted by molar-refractivity contribution is 7.89. The van der Waals surface area contributed by atoms with Crippen LogP contribution in [0.5, 0.6) is 0 Å². The van der Waals surface area contributed by atoms with E-state index in [-0.39, 0.29) is 18.0 Å². The zero-order valence-corrected chi connectivity index (χ0v) is 13.1. The first-order valence-electron chi connectivity index (χ1n) is 7.07. The number of aromatic amines is 1. The van der Waals surface area contributed by atoms with Gasteiger partial charge in [0.15, 0.2) is 0 Å². The van der Waals surface area contributed by atoms with Crippen LogP contribution in [0.2, 0.25) is 0 Å². The van der Waals surface area contributed by atoms with Crippen molar-refractivity contribution in [2.45, 2.75) is 44.4 Å². The topological polar surface area (TPSA) is 103 Å². The number of rotatable bonds is 5. The number of nitrogens with zero attached hydrogens (tertiary/aromatic N) is 2. The van der Waals surface area contributed by atoms with E-state index in [9.17, 15) is 18.3 Å². The molecule has 1 aromatic rings. The first-order chi connectivity index (χ1) is 9.83. The Morgan fingerprint density at radius 3 is 2.52 bits per heavy atom. The molecular weight excluding hydrogens is 294 g/mol. The first-order valence-corrected chi connectivity index (χ1v) is 8.51. The number of sulfonamides is 1. The van der Waals surface area contributed by atoms with Crippen molar-refractivity contribution in [3.8, 4) is 0 Å². The van der Waals surface area contributed by atoms with Gasteiger partial charge in [-0.25, -0.2) is 8.42 Å². The lowest BCUT2D eigenvalue weighted by Gasteiger charge is -2.38. The fraction of sp³-hybridized carbons (Fsp3) is 0.692. The number of carbonyl (C=O) groups is 1. The van der Waals surface area contributed by atoms with Gasteiger partial charge >= 0.3 is 5.97 Å². The molecule has 1 saturated heterocycles. The van der Waals surface area contributed by atoms with Gasteiger partial charge in [0.1, 0.15) is 4.90 Å². The van der Waals surface area contributed by atoms with Crippen molar-refractivity contribution in [2.24, 2.45) is 5.41 Å². The molecule has 1 aliphatic rings. The molecule has 1 fully saturated rings. The van der Waals surface area contributed by atoms with Gasteiger partial charge in [-0.2, -0.15) is 9.40 Å². The van der Waals surface area contributed by atoms with E-state index in [4.69, 9.17) is 0 Å². The van der Waals surface area contributed by atoms with Gasteiger partial charge in [0.2, 0.25) is 10.0 Å². The molecule has 1 aromatic heterocycles. The van der Waals surface area contributed by atoms with Gasteiger partial charge in [-0.3, -0.25) is 9.89 Å². The van der Waals surface area contributed by atoms with Gasteiger partial charge in [0.25, 0.3) is 0 Å². The van der Waals surface area contributed by atoms with Crippen LogP contribution >= 0.6 is 0 Å². The standard InChI is InChI=1S/C13H21N3O4S/c1-3-4-13(12(17)18)5-7-16(8-6-13)21(19,20)11-9-14-15-10(11)2/h9H,3-8H2,1-2H3,(H,14,15)(H,17,18). The summed E-state index contributed by atoms with van der Waals surface area (Å²) in [5.74, 6) is -0.819. The summed E-state index contributed by atoms with van der Waals surface area (Å²) in [6, 6.07) is 0. The van der Waals surface area contributed by atoms with Gasteiger partial charge in [-0.05, 0) is 26.2 Å². The number of hydrogen-bond donors (Lipinski definition) is 2. The summed E-state index contributed by atoms with van der Waals surface area (Å²) in [4.78, 5) is 11.7. The molecule has 0 bridgehead atoms. The Labute approximate surface area is 124 Å². The quantitative estimate of drug-likeness (QED) is 0.854. The summed E-state index contributed by atoms with van der Waals surface area (Å²) < 4.78 is 26.4. The molecule has 0 unspecified atom stereocenters. The average Bonchev–Trinajstić information content (AvgIpc) is 2.86. The molecule has 1 aliphatic heterocycles. The Morgan fingerprint density at radius 2 is 2.10 bits per heavy atom. The Bertz CT molecular complexity index is 615. The van der Waals surface area contributed by atoms with E-state index in [2.05, 4.69) is 10.2 Å². The van der Waals surface area contributed by atoms with Crippen LogP contribution in [-0.2, 0) is 14.8 Å². The number of hydrogen-bond acceptors (Lipinski definition) is 4. The number of H-pyrrole nitrogens is 1. The third-order valence-corrected chi connectivity index (χ3v) is 6.28. The number of carboxylic acid groups (broad SMARTS) is 1. The molecule has 0 saturated carbocycles. The largest absolute Gasteiger partial charge is 0.481 e. The Morgan fingerprint density at radius 1 is 1.48 bits per heavy atom. The maximum atomic E-state index is 12.5. The second-order valence-corrected chi connectivity index (χ2v) is 7.51. The normalized spacial score (nSPS) is 19.5. The van der Waals surface area contributed by atoms with Crippen molar-refractivity contribution in [3.63, 3.8) is 0 Å². The zero-order chi connectivity index (χ0) is 15.7. The lowest BCUT2D eigenvalue weighted by molar-refractivity contribution is -0.152. The van der Waals surface area contributed by atoms with Gasteiger partial charge in [0.05, 0.1) is 17.3 Å². The molecule has 2 rings (SSSR count). The van der Waals surface area contributed by atoms with Crippen molar-refractivity contribution >= 4 is 16.0 Å². The average molecular weight is 315 g/mol. The minimum Gasteiger partial charge on any atom is -0.481 e. The second kappa shape index (κ2) is 5.76. The Kier molecular flexibility index (Phi) is 4.38. The number of aromatic nitrogens is 2. The predicted octanol–water partition coefficient (Wildman–Crippen LogP) is 1.37. The summed E-state index contributed by atoms with van der Waals surface area (Å²) in [5.41, 5.74) is -0.287. The molecule has 118 valence electrons. The fourth-order valence-electron chi connectivity index (χ4n) is 2.94. The highest BCUT2D eigenvalue weighted by Gasteiger charge is 2.43. The SMILES string of the molecule is CCCC1(C(=O)O)CCN(S(=O)(=O)c2cn[nH]c2C)CC1. The summed E-state index contributed by atoms with van der Waals surface area (Å²) in [5, 5.41) is 15.8. The minimum atomic E-state index is -3.59. The van der Waals surface area contributed by atoms with Crippen LogP contribution < -0.4 is 0 Å². The summed E-state index contributed by atoms with van der Waals surface area (Å²) in [7, 11) is -3.59. The molecule has 21 heavy (non-hydrogen) atoms. The van der Waals surface area contributed by atoms with E-state index < -0.39 is 21.4 Å².